The molecule has 3 rings (SSSR count). The fourth-order valence-electron chi connectivity index (χ4n) is 3.39. The van der Waals surface area contributed by atoms with Gasteiger partial charge in [0.05, 0.1) is 14.2 Å². The molecule has 7 heteroatoms. The van der Waals surface area contributed by atoms with Crippen molar-refractivity contribution >= 4 is 29.9 Å². The van der Waals surface area contributed by atoms with Gasteiger partial charge in [-0.25, -0.2) is 0 Å². The average Bonchev–Trinajstić information content (AvgIpc) is 3.06. The molecule has 29 heavy (non-hydrogen) atoms. The summed E-state index contributed by atoms with van der Waals surface area (Å²) in [6.45, 7) is 5.33. The molecule has 1 atom stereocenters. The predicted octanol–water partition coefficient (Wildman–Crippen LogP) is 3.82. The van der Waals surface area contributed by atoms with Crippen LogP contribution in [0.25, 0.3) is 0 Å². The summed E-state index contributed by atoms with van der Waals surface area (Å²) in [7, 11) is 5.14. The lowest BCUT2D eigenvalue weighted by Gasteiger charge is -2.16. The number of ether oxygens (including phenoxy) is 3. The van der Waals surface area contributed by atoms with Crippen LogP contribution in [0.1, 0.15) is 29.2 Å². The zero-order chi connectivity index (χ0) is 20.1. The maximum Gasteiger partial charge on any atom is 0.191 e. The lowest BCUT2D eigenvalue weighted by Crippen LogP contribution is -2.36. The van der Waals surface area contributed by atoms with Crippen LogP contribution in [0, 0.1) is 6.92 Å². The number of rotatable bonds is 6. The standard InChI is InChI=1S/C22H29N3O3.HI/c1-14-6-7-16(19(8-14)26-4)12-24-22(23-3)25-13-18-11-21-17(9-15(2)28-21)10-20(18)27-5;/h6-8,10-11,15H,9,12-13H2,1-5H3,(H2,23,24,25);1H. The molecule has 0 amide bonds. The van der Waals surface area contributed by atoms with E-state index in [9.17, 15) is 0 Å². The first-order chi connectivity index (χ1) is 13.5. The molecule has 0 spiro atoms. The zero-order valence-electron chi connectivity index (χ0n) is 17.7. The van der Waals surface area contributed by atoms with Crippen LogP contribution in [-0.2, 0) is 19.5 Å². The molecule has 2 aromatic carbocycles. The summed E-state index contributed by atoms with van der Waals surface area (Å²) in [5.74, 6) is 3.38. The van der Waals surface area contributed by atoms with Crippen molar-refractivity contribution < 1.29 is 14.2 Å². The summed E-state index contributed by atoms with van der Waals surface area (Å²) < 4.78 is 16.9. The van der Waals surface area contributed by atoms with Crippen LogP contribution in [0.3, 0.4) is 0 Å². The third-order valence-electron chi connectivity index (χ3n) is 4.86. The number of methoxy groups -OCH3 is 2. The van der Waals surface area contributed by atoms with E-state index in [-0.39, 0.29) is 30.1 Å². The molecule has 0 radical (unpaired) electrons. The Morgan fingerprint density at radius 1 is 1.07 bits per heavy atom. The molecule has 0 aliphatic carbocycles. The molecule has 2 N–H and O–H groups in total. The monoisotopic (exact) mass is 511 g/mol. The van der Waals surface area contributed by atoms with Crippen molar-refractivity contribution in [1.82, 2.24) is 10.6 Å². The number of benzene rings is 2. The molecular formula is C22H30IN3O3. The number of fused-ring (bicyclic) bond motifs is 1. The van der Waals surface area contributed by atoms with Gasteiger partial charge in [0, 0.05) is 43.2 Å². The van der Waals surface area contributed by atoms with E-state index in [1.54, 1.807) is 21.3 Å². The molecule has 158 valence electrons. The van der Waals surface area contributed by atoms with Crippen LogP contribution in [0.15, 0.2) is 35.3 Å². The normalized spacial score (nSPS) is 15.1. The second-order valence-corrected chi connectivity index (χ2v) is 7.00. The Bertz CT molecular complexity index is 871. The Labute approximate surface area is 190 Å². The summed E-state index contributed by atoms with van der Waals surface area (Å²) in [6, 6.07) is 10.3. The minimum atomic E-state index is 0. The van der Waals surface area contributed by atoms with Crippen LogP contribution in [0.4, 0.5) is 0 Å². The fraction of sp³-hybridized carbons (Fsp3) is 0.409. The summed E-state index contributed by atoms with van der Waals surface area (Å²) in [4.78, 5) is 4.31. The van der Waals surface area contributed by atoms with E-state index >= 15 is 0 Å². The summed E-state index contributed by atoms with van der Waals surface area (Å²) in [5, 5.41) is 6.68. The number of halogens is 1. The van der Waals surface area contributed by atoms with Gasteiger partial charge in [-0.15, -0.1) is 24.0 Å². The van der Waals surface area contributed by atoms with Crippen molar-refractivity contribution in [3.63, 3.8) is 0 Å². The van der Waals surface area contributed by atoms with Gasteiger partial charge in [-0.3, -0.25) is 4.99 Å². The van der Waals surface area contributed by atoms with Gasteiger partial charge in [0.2, 0.25) is 0 Å². The molecule has 0 saturated carbocycles. The molecule has 0 saturated heterocycles. The van der Waals surface area contributed by atoms with E-state index in [4.69, 9.17) is 14.2 Å². The van der Waals surface area contributed by atoms with E-state index in [1.165, 1.54) is 11.1 Å². The number of nitrogens with zero attached hydrogens (tertiary/aromatic N) is 1. The maximum absolute atomic E-state index is 5.88. The second kappa shape index (κ2) is 10.6. The Morgan fingerprint density at radius 2 is 1.72 bits per heavy atom. The van der Waals surface area contributed by atoms with Crippen molar-refractivity contribution in [3.05, 3.63) is 52.6 Å². The van der Waals surface area contributed by atoms with Gasteiger partial charge in [0.1, 0.15) is 23.4 Å². The van der Waals surface area contributed by atoms with E-state index in [2.05, 4.69) is 53.7 Å². The second-order valence-electron chi connectivity index (χ2n) is 7.00. The van der Waals surface area contributed by atoms with Crippen LogP contribution in [-0.4, -0.2) is 33.3 Å². The summed E-state index contributed by atoms with van der Waals surface area (Å²) >= 11 is 0. The number of nitrogens with one attached hydrogen (secondary N) is 2. The maximum atomic E-state index is 5.88. The Kier molecular flexibility index (Phi) is 8.43. The molecule has 0 bridgehead atoms. The van der Waals surface area contributed by atoms with Gasteiger partial charge < -0.3 is 24.8 Å². The minimum absolute atomic E-state index is 0. The number of aliphatic imine (C=N–C) groups is 1. The van der Waals surface area contributed by atoms with Gasteiger partial charge >= 0.3 is 0 Å². The highest BCUT2D eigenvalue weighted by Gasteiger charge is 2.21. The van der Waals surface area contributed by atoms with Crippen molar-refractivity contribution in [2.24, 2.45) is 4.99 Å². The van der Waals surface area contributed by atoms with Crippen LogP contribution in [0.2, 0.25) is 0 Å². The van der Waals surface area contributed by atoms with Crippen molar-refractivity contribution in [3.8, 4) is 17.2 Å². The molecule has 1 aliphatic heterocycles. The van der Waals surface area contributed by atoms with Gasteiger partial charge in [-0.05, 0) is 37.6 Å². The number of hydrogen-bond donors (Lipinski definition) is 2. The van der Waals surface area contributed by atoms with Crippen LogP contribution >= 0.6 is 24.0 Å². The highest BCUT2D eigenvalue weighted by atomic mass is 127. The van der Waals surface area contributed by atoms with Gasteiger partial charge in [-0.2, -0.15) is 0 Å². The summed E-state index contributed by atoms with van der Waals surface area (Å²) in [5.41, 5.74) is 4.48. The van der Waals surface area contributed by atoms with Gasteiger partial charge in [0.25, 0.3) is 0 Å². The first kappa shape index (κ1) is 23.1. The fourth-order valence-corrected chi connectivity index (χ4v) is 3.39. The number of aryl methyl sites for hydroxylation is 1. The molecule has 1 unspecified atom stereocenters. The van der Waals surface area contributed by atoms with E-state index in [1.807, 2.05) is 6.07 Å². The third-order valence-corrected chi connectivity index (χ3v) is 4.86. The Hall–Kier alpha value is -2.16. The van der Waals surface area contributed by atoms with Gasteiger partial charge in [0.15, 0.2) is 5.96 Å². The molecule has 0 aromatic heterocycles. The highest BCUT2D eigenvalue weighted by Crippen LogP contribution is 2.34. The first-order valence-corrected chi connectivity index (χ1v) is 9.48. The molecule has 1 aliphatic rings. The largest absolute Gasteiger partial charge is 0.496 e. The molecule has 6 nitrogen and oxygen atoms in total. The highest BCUT2D eigenvalue weighted by molar-refractivity contribution is 14.0. The van der Waals surface area contributed by atoms with Crippen molar-refractivity contribution in [2.75, 3.05) is 21.3 Å². The first-order valence-electron chi connectivity index (χ1n) is 9.48. The van der Waals surface area contributed by atoms with E-state index in [0.29, 0.717) is 19.0 Å². The Morgan fingerprint density at radius 3 is 2.38 bits per heavy atom. The minimum Gasteiger partial charge on any atom is -0.496 e. The SMILES string of the molecule is CN=C(NCc1ccc(C)cc1OC)NCc1cc2c(cc1OC)CC(C)O2.I. The third kappa shape index (κ3) is 5.68. The van der Waals surface area contributed by atoms with Gasteiger partial charge in [-0.1, -0.05) is 12.1 Å². The molecule has 1 heterocycles. The molecule has 2 aromatic rings. The van der Waals surface area contributed by atoms with E-state index in [0.717, 1.165) is 34.8 Å². The van der Waals surface area contributed by atoms with Crippen molar-refractivity contribution in [1.29, 1.82) is 0 Å². The number of hydrogen-bond acceptors (Lipinski definition) is 4. The smallest absolute Gasteiger partial charge is 0.191 e. The van der Waals surface area contributed by atoms with Crippen LogP contribution in [0.5, 0.6) is 17.2 Å². The predicted molar refractivity (Wildman–Crippen MR) is 127 cm³/mol. The molecular weight excluding hydrogens is 481 g/mol. The lowest BCUT2D eigenvalue weighted by atomic mass is 10.1. The lowest BCUT2D eigenvalue weighted by molar-refractivity contribution is 0.254. The average molecular weight is 511 g/mol. The molecule has 0 fully saturated rings. The quantitative estimate of drug-likeness (QED) is 0.351. The number of guanidine groups is 1. The zero-order valence-corrected chi connectivity index (χ0v) is 20.0. The van der Waals surface area contributed by atoms with Crippen LogP contribution < -0.4 is 24.8 Å². The Balaban J connectivity index is 0.00000300. The summed E-state index contributed by atoms with van der Waals surface area (Å²) in [6.07, 6.45) is 1.13. The topological polar surface area (TPSA) is 64.1 Å². The van der Waals surface area contributed by atoms with E-state index < -0.39 is 0 Å². The van der Waals surface area contributed by atoms with Crippen molar-refractivity contribution in [2.45, 2.75) is 39.5 Å².